The highest BCUT2D eigenvalue weighted by atomic mass is 16.1. The smallest absolute Gasteiger partial charge is 0.255 e. The number of aromatic nitrogens is 4. The molecule has 2 aromatic carbocycles. The molecule has 0 spiro atoms. The number of hydrogen-bond donors (Lipinski definition) is 2. The van der Waals surface area contributed by atoms with Crippen LogP contribution in [0.1, 0.15) is 47.6 Å². The molecule has 0 aliphatic carbocycles. The maximum Gasteiger partial charge on any atom is 0.255 e. The molecule has 0 saturated heterocycles. The van der Waals surface area contributed by atoms with Gasteiger partial charge >= 0.3 is 0 Å². The highest BCUT2D eigenvalue weighted by Crippen LogP contribution is 2.24. The van der Waals surface area contributed by atoms with Gasteiger partial charge in [0.25, 0.3) is 5.91 Å². The fourth-order valence-electron chi connectivity index (χ4n) is 3.09. The summed E-state index contributed by atoms with van der Waals surface area (Å²) in [5, 5.41) is 4.80. The molecule has 0 aliphatic heterocycles. The van der Waals surface area contributed by atoms with Gasteiger partial charge in [-0.1, -0.05) is 6.04 Å². The Labute approximate surface area is 231 Å². The van der Waals surface area contributed by atoms with Gasteiger partial charge in [0.2, 0.25) is 5.95 Å². The van der Waals surface area contributed by atoms with Gasteiger partial charge in [0.1, 0.15) is 0 Å². The lowest BCUT2D eigenvalue weighted by atomic mass is 10.1. The molecule has 3 heterocycles. The van der Waals surface area contributed by atoms with E-state index in [1.165, 1.54) is 19.1 Å². The summed E-state index contributed by atoms with van der Waals surface area (Å²) in [6.45, 7) is -0.209. The van der Waals surface area contributed by atoms with Crippen LogP contribution in [-0.2, 0) is 0 Å². The first kappa shape index (κ1) is 11.3. The zero-order valence-electron chi connectivity index (χ0n) is 33.9. The Morgan fingerprint density at radius 1 is 1.08 bits per heavy atom. The summed E-state index contributed by atoms with van der Waals surface area (Å²) in [5.74, 6) is -1.72. The van der Waals surface area contributed by atoms with E-state index in [1.807, 2.05) is 0 Å². The molecule has 7 heteroatoms. The second-order valence-electron chi connectivity index (χ2n) is 7.43. The molecule has 0 bridgehead atoms. The first-order chi connectivity index (χ1) is 23.7. The minimum Gasteiger partial charge on any atom is -0.324 e. The van der Waals surface area contributed by atoms with Crippen LogP contribution in [0, 0.1) is 20.7 Å². The number of carbonyl (C=O) groups excluding carboxylic acids is 1. The average molecular weight is 490 g/mol. The molecule has 0 saturated carbocycles. The molecule has 5 aromatic rings. The Morgan fingerprint density at radius 3 is 2.83 bits per heavy atom. The first-order valence-electron chi connectivity index (χ1n) is 18.0. The fourth-order valence-corrected chi connectivity index (χ4v) is 3.09. The molecular formula is C29H26N6O. The van der Waals surface area contributed by atoms with Crippen LogP contribution in [0.4, 0.5) is 17.3 Å². The van der Waals surface area contributed by atoms with Crippen LogP contribution in [0.3, 0.4) is 0 Å². The number of hydrogen-bond acceptors (Lipinski definition) is 5. The lowest BCUT2D eigenvalue weighted by Gasteiger charge is -2.13. The van der Waals surface area contributed by atoms with E-state index in [0.717, 1.165) is 10.8 Å². The van der Waals surface area contributed by atoms with Crippen LogP contribution < -0.4 is 10.6 Å². The number of benzene rings is 2. The van der Waals surface area contributed by atoms with E-state index in [4.69, 9.17) is 20.6 Å². The molecule has 0 atom stereocenters. The van der Waals surface area contributed by atoms with Crippen molar-refractivity contribution >= 4 is 23.2 Å². The SMILES string of the molecule is [2H]c1nc([2H])c(-c2ccnc(Nc3c([2H])c(C(=O)Nc4c([2H])c(C)c([2H])c(-n5c([2H])cc(C)c5[2H])c4[2H])c([2H])c([2H])c3C([2H])([2H])[2H])n2)c([2H])c1[2H]. The van der Waals surface area contributed by atoms with Gasteiger partial charge in [-0.05, 0) is 91.8 Å². The summed E-state index contributed by atoms with van der Waals surface area (Å²) in [6, 6.07) is -2.83. The summed E-state index contributed by atoms with van der Waals surface area (Å²) in [4.78, 5) is 25.6. The van der Waals surface area contributed by atoms with Crippen molar-refractivity contribution in [3.8, 4) is 16.9 Å². The third kappa shape index (κ3) is 5.15. The van der Waals surface area contributed by atoms with Gasteiger partial charge in [0.05, 0.1) is 22.1 Å². The van der Waals surface area contributed by atoms with E-state index in [1.54, 1.807) is 6.92 Å². The largest absolute Gasteiger partial charge is 0.324 e. The lowest BCUT2D eigenvalue weighted by Crippen LogP contribution is -2.13. The van der Waals surface area contributed by atoms with Crippen LogP contribution in [0.25, 0.3) is 16.9 Å². The highest BCUT2D eigenvalue weighted by molar-refractivity contribution is 6.05. The van der Waals surface area contributed by atoms with Crippen molar-refractivity contribution in [1.82, 2.24) is 19.5 Å². The molecule has 36 heavy (non-hydrogen) atoms. The van der Waals surface area contributed by atoms with Crippen LogP contribution in [0.15, 0.2) is 91.4 Å². The fraction of sp³-hybridized carbons (Fsp3) is 0.103. The van der Waals surface area contributed by atoms with E-state index >= 15 is 0 Å². The predicted octanol–water partition coefficient (Wildman–Crippen LogP) is 6.25. The number of carbonyl (C=O) groups is 1. The van der Waals surface area contributed by atoms with Crippen molar-refractivity contribution < 1.29 is 25.4 Å². The normalized spacial score (nSPS) is 17.0. The molecule has 0 unspecified atom stereocenters. The van der Waals surface area contributed by atoms with Crippen LogP contribution in [0.2, 0.25) is 0 Å². The van der Waals surface area contributed by atoms with Crippen molar-refractivity contribution in [1.29, 1.82) is 0 Å². The maximum atomic E-state index is 13.8. The maximum absolute atomic E-state index is 13.8. The van der Waals surface area contributed by atoms with Gasteiger partial charge in [0, 0.05) is 63.2 Å². The second kappa shape index (κ2) is 9.84. The Hall–Kier alpha value is -4.78. The quantitative estimate of drug-likeness (QED) is 0.294. The molecule has 5 rings (SSSR count). The topological polar surface area (TPSA) is 84.7 Å². The summed E-state index contributed by atoms with van der Waals surface area (Å²) in [7, 11) is 0. The molecule has 0 radical (unpaired) electrons. The van der Waals surface area contributed by atoms with E-state index in [-0.39, 0.29) is 40.9 Å². The number of nitrogens with one attached hydrogen (secondary N) is 2. The molecule has 2 N–H and O–H groups in total. The number of amides is 1. The van der Waals surface area contributed by atoms with Crippen molar-refractivity contribution in [3.63, 3.8) is 0 Å². The van der Waals surface area contributed by atoms with Crippen LogP contribution in [0.5, 0.6) is 0 Å². The van der Waals surface area contributed by atoms with E-state index < -0.39 is 95.9 Å². The van der Waals surface area contributed by atoms with Crippen molar-refractivity contribution in [2.75, 3.05) is 10.6 Å². The second-order valence-corrected chi connectivity index (χ2v) is 7.43. The third-order valence-corrected chi connectivity index (χ3v) is 4.68. The van der Waals surface area contributed by atoms with Gasteiger partial charge < -0.3 is 15.2 Å². The van der Waals surface area contributed by atoms with Crippen LogP contribution in [-0.4, -0.2) is 25.4 Å². The first-order valence-corrected chi connectivity index (χ1v) is 10.5. The zero-order valence-corrected chi connectivity index (χ0v) is 18.9. The Kier molecular flexibility index (Phi) is 3.09. The number of rotatable bonds is 6. The van der Waals surface area contributed by atoms with E-state index in [2.05, 4.69) is 25.6 Å². The average Bonchev–Trinajstić information content (AvgIpc) is 3.29. The molecule has 0 aliphatic rings. The van der Waals surface area contributed by atoms with Crippen molar-refractivity contribution in [2.45, 2.75) is 20.7 Å². The van der Waals surface area contributed by atoms with E-state index in [0.29, 0.717) is 5.56 Å². The van der Waals surface area contributed by atoms with Gasteiger partial charge in [-0.3, -0.25) is 9.78 Å². The van der Waals surface area contributed by atoms with Crippen molar-refractivity contribution in [3.05, 3.63) is 114 Å². The summed E-state index contributed by atoms with van der Waals surface area (Å²) in [5.41, 5.74) is -3.18. The number of pyridine rings is 1. The molecule has 178 valence electrons. The van der Waals surface area contributed by atoms with Gasteiger partial charge in [0.15, 0.2) is 0 Å². The minimum absolute atomic E-state index is 0.0336. The van der Waals surface area contributed by atoms with E-state index in [9.17, 15) is 4.79 Å². The Morgan fingerprint density at radius 2 is 2.00 bits per heavy atom. The number of nitrogens with zero attached hydrogens (tertiary/aromatic N) is 4. The third-order valence-electron chi connectivity index (χ3n) is 4.68. The molecular weight excluding hydrogens is 448 g/mol. The summed E-state index contributed by atoms with van der Waals surface area (Å²) >= 11 is 0. The zero-order chi connectivity index (χ0) is 38.0. The number of aryl methyl sites for hydroxylation is 1. The Balaban J connectivity index is 1.66. The summed E-state index contributed by atoms with van der Waals surface area (Å²) in [6.07, 6.45) is -0.454. The predicted molar refractivity (Wildman–Crippen MR) is 143 cm³/mol. The standard InChI is InChI=1S/C29H26N6O/c1-19-9-12-35(18-19)25-14-20(2)13-24(16-25)32-28(36)22-7-6-21(3)27(15-22)34-29-31-11-8-26(33-29)23-5-4-10-30-17-23/h4-18H,1-3H3,(H,32,36)(H,31,33,34)/i3D3,4D,5D,6D,7D,10D,12D,13D,14D,15D,16D,17D,18D. The minimum atomic E-state index is -3.12. The van der Waals surface area contributed by atoms with Gasteiger partial charge in [-0.2, -0.15) is 0 Å². The van der Waals surface area contributed by atoms with Crippen LogP contribution >= 0.6 is 0 Å². The number of anilines is 3. The molecule has 0 fully saturated rings. The molecule has 3 aromatic heterocycles. The molecule has 7 nitrogen and oxygen atoms in total. The monoisotopic (exact) mass is 489 g/mol. The van der Waals surface area contributed by atoms with Crippen molar-refractivity contribution in [2.24, 2.45) is 0 Å². The van der Waals surface area contributed by atoms with Gasteiger partial charge in [-0.25, -0.2) is 9.97 Å². The lowest BCUT2D eigenvalue weighted by molar-refractivity contribution is 0.102. The highest BCUT2D eigenvalue weighted by Gasteiger charge is 2.12. The van der Waals surface area contributed by atoms with Gasteiger partial charge in [-0.15, -0.1) is 0 Å². The molecule has 1 amide bonds. The summed E-state index contributed by atoms with van der Waals surface area (Å²) < 4.78 is 126. The Bertz CT molecular complexity index is 2290.